The number of nitrogens with zero attached hydrogens (tertiary/aromatic N) is 2. The Morgan fingerprint density at radius 3 is 2.76 bits per heavy atom. The lowest BCUT2D eigenvalue weighted by atomic mass is 10.2. The van der Waals surface area contributed by atoms with Crippen LogP contribution < -0.4 is 10.5 Å². The largest absolute Gasteiger partial charge is 0.399 e. The molecule has 0 unspecified atom stereocenters. The van der Waals surface area contributed by atoms with Gasteiger partial charge in [-0.2, -0.15) is 5.26 Å². The molecule has 0 aliphatic heterocycles. The average Bonchev–Trinajstić information content (AvgIpc) is 3.27. The van der Waals surface area contributed by atoms with Gasteiger partial charge in [0.15, 0.2) is 0 Å². The van der Waals surface area contributed by atoms with Crippen LogP contribution in [0.5, 0.6) is 0 Å². The van der Waals surface area contributed by atoms with Crippen molar-refractivity contribution in [2.24, 2.45) is 0 Å². The van der Waals surface area contributed by atoms with Gasteiger partial charge in [-0.25, -0.2) is 13.1 Å². The lowest BCUT2D eigenvalue weighted by Crippen LogP contribution is -2.36. The van der Waals surface area contributed by atoms with Gasteiger partial charge in [0.2, 0.25) is 10.0 Å². The summed E-state index contributed by atoms with van der Waals surface area (Å²) in [6.07, 6.45) is 2.38. The zero-order valence-corrected chi connectivity index (χ0v) is 12.9. The normalized spacial score (nSPS) is 15.1. The van der Waals surface area contributed by atoms with Crippen molar-refractivity contribution in [2.75, 3.05) is 25.4 Å². The second kappa shape index (κ2) is 6.43. The van der Waals surface area contributed by atoms with E-state index >= 15 is 0 Å². The van der Waals surface area contributed by atoms with E-state index in [0.29, 0.717) is 24.8 Å². The predicted octanol–water partition coefficient (Wildman–Crippen LogP) is 0.903. The summed E-state index contributed by atoms with van der Waals surface area (Å²) >= 11 is 0. The van der Waals surface area contributed by atoms with E-state index in [1.807, 2.05) is 6.07 Å². The Morgan fingerprint density at radius 1 is 1.48 bits per heavy atom. The highest BCUT2D eigenvalue weighted by Crippen LogP contribution is 2.26. The summed E-state index contributed by atoms with van der Waals surface area (Å²) < 4.78 is 27.1. The van der Waals surface area contributed by atoms with E-state index in [2.05, 4.69) is 16.5 Å². The van der Waals surface area contributed by atoms with E-state index in [4.69, 9.17) is 11.0 Å². The Labute approximate surface area is 125 Å². The molecule has 1 aliphatic carbocycles. The van der Waals surface area contributed by atoms with Crippen LogP contribution in [0.4, 0.5) is 5.69 Å². The molecule has 6 nitrogen and oxygen atoms in total. The minimum absolute atomic E-state index is 0.0197. The van der Waals surface area contributed by atoms with Crippen LogP contribution in [0.25, 0.3) is 0 Å². The van der Waals surface area contributed by atoms with Crippen LogP contribution in [0, 0.1) is 11.3 Å². The first-order valence-corrected chi connectivity index (χ1v) is 8.49. The molecular weight excluding hydrogens is 288 g/mol. The molecular formula is C14H20N4O2S. The SMILES string of the molecule is CCN(CCNS(=O)(=O)c1ccc(N)cc1C#N)C1CC1. The van der Waals surface area contributed by atoms with E-state index in [9.17, 15) is 8.42 Å². The summed E-state index contributed by atoms with van der Waals surface area (Å²) in [5.74, 6) is 0. The molecule has 1 aromatic rings. The van der Waals surface area contributed by atoms with Crippen molar-refractivity contribution in [1.29, 1.82) is 5.26 Å². The maximum absolute atomic E-state index is 12.3. The third-order valence-corrected chi connectivity index (χ3v) is 5.09. The fraction of sp³-hybridized carbons (Fsp3) is 0.500. The standard InChI is InChI=1S/C14H20N4O2S/c1-2-18(13-4-5-13)8-7-17-21(19,20)14-6-3-12(16)9-11(14)10-15/h3,6,9,13,17H,2,4-5,7-8,16H2,1H3. The van der Waals surface area contributed by atoms with Crippen LogP contribution in [0.2, 0.25) is 0 Å². The number of nitriles is 1. The van der Waals surface area contributed by atoms with E-state index in [1.165, 1.54) is 31.0 Å². The van der Waals surface area contributed by atoms with Crippen molar-refractivity contribution in [3.05, 3.63) is 23.8 Å². The Balaban J connectivity index is 2.03. The van der Waals surface area contributed by atoms with Crippen molar-refractivity contribution >= 4 is 15.7 Å². The quantitative estimate of drug-likeness (QED) is 0.729. The lowest BCUT2D eigenvalue weighted by Gasteiger charge is -2.19. The molecule has 3 N–H and O–H groups in total. The predicted molar refractivity (Wildman–Crippen MR) is 81.0 cm³/mol. The molecule has 1 saturated carbocycles. The number of hydrogen-bond acceptors (Lipinski definition) is 5. The first-order valence-electron chi connectivity index (χ1n) is 7.01. The third-order valence-electron chi connectivity index (χ3n) is 3.57. The van der Waals surface area contributed by atoms with Crippen molar-refractivity contribution in [2.45, 2.75) is 30.7 Å². The number of sulfonamides is 1. The van der Waals surface area contributed by atoms with E-state index < -0.39 is 10.0 Å². The minimum Gasteiger partial charge on any atom is -0.399 e. The highest BCUT2D eigenvalue weighted by atomic mass is 32.2. The van der Waals surface area contributed by atoms with Crippen LogP contribution in [-0.2, 0) is 10.0 Å². The first kappa shape index (κ1) is 15.8. The van der Waals surface area contributed by atoms with Gasteiger partial charge in [0.25, 0.3) is 0 Å². The number of nitrogens with two attached hydrogens (primary N) is 1. The van der Waals surface area contributed by atoms with Crippen molar-refractivity contribution < 1.29 is 8.42 Å². The smallest absolute Gasteiger partial charge is 0.241 e. The molecule has 0 atom stereocenters. The number of nitrogens with one attached hydrogen (secondary N) is 1. The Kier molecular flexibility index (Phi) is 4.83. The zero-order valence-electron chi connectivity index (χ0n) is 12.0. The van der Waals surface area contributed by atoms with Gasteiger partial charge in [0.1, 0.15) is 6.07 Å². The summed E-state index contributed by atoms with van der Waals surface area (Å²) in [5.41, 5.74) is 6.01. The highest BCUT2D eigenvalue weighted by molar-refractivity contribution is 7.89. The third kappa shape index (κ3) is 3.94. The molecule has 0 radical (unpaired) electrons. The Bertz CT molecular complexity index is 647. The summed E-state index contributed by atoms with van der Waals surface area (Å²) in [5, 5.41) is 9.03. The van der Waals surface area contributed by atoms with Gasteiger partial charge < -0.3 is 5.73 Å². The van der Waals surface area contributed by atoms with Crippen molar-refractivity contribution in [3.63, 3.8) is 0 Å². The van der Waals surface area contributed by atoms with Crippen LogP contribution >= 0.6 is 0 Å². The molecule has 1 fully saturated rings. The molecule has 114 valence electrons. The molecule has 0 aromatic heterocycles. The molecule has 0 amide bonds. The average molecular weight is 308 g/mol. The maximum Gasteiger partial charge on any atom is 0.241 e. The molecule has 0 spiro atoms. The summed E-state index contributed by atoms with van der Waals surface area (Å²) in [6, 6.07) is 6.70. The molecule has 21 heavy (non-hydrogen) atoms. The molecule has 0 saturated heterocycles. The molecule has 1 aromatic carbocycles. The Morgan fingerprint density at radius 2 is 2.19 bits per heavy atom. The van der Waals surface area contributed by atoms with Crippen LogP contribution in [0.1, 0.15) is 25.3 Å². The number of benzene rings is 1. The molecule has 1 aliphatic rings. The monoisotopic (exact) mass is 308 g/mol. The molecule has 2 rings (SSSR count). The van der Waals surface area contributed by atoms with Crippen LogP contribution in [-0.4, -0.2) is 39.0 Å². The zero-order chi connectivity index (χ0) is 15.5. The number of hydrogen-bond donors (Lipinski definition) is 2. The highest BCUT2D eigenvalue weighted by Gasteiger charge is 2.27. The van der Waals surface area contributed by atoms with Gasteiger partial charge in [0, 0.05) is 24.8 Å². The maximum atomic E-state index is 12.3. The van der Waals surface area contributed by atoms with Gasteiger partial charge in [-0.3, -0.25) is 4.90 Å². The molecule has 0 bridgehead atoms. The van der Waals surface area contributed by atoms with Gasteiger partial charge in [-0.15, -0.1) is 0 Å². The van der Waals surface area contributed by atoms with E-state index in [1.54, 1.807) is 0 Å². The lowest BCUT2D eigenvalue weighted by molar-refractivity contribution is 0.282. The van der Waals surface area contributed by atoms with Crippen LogP contribution in [0.3, 0.4) is 0 Å². The molecule has 7 heteroatoms. The number of nitrogen functional groups attached to an aromatic ring is 1. The van der Waals surface area contributed by atoms with Crippen molar-refractivity contribution in [1.82, 2.24) is 9.62 Å². The van der Waals surface area contributed by atoms with Crippen molar-refractivity contribution in [3.8, 4) is 6.07 Å². The number of rotatable bonds is 7. The Hall–Kier alpha value is -1.62. The fourth-order valence-electron chi connectivity index (χ4n) is 2.31. The second-order valence-corrected chi connectivity index (χ2v) is 6.86. The topological polar surface area (TPSA) is 99.2 Å². The first-order chi connectivity index (χ1) is 9.97. The second-order valence-electron chi connectivity index (χ2n) is 5.12. The summed E-state index contributed by atoms with van der Waals surface area (Å²) in [7, 11) is -3.68. The number of anilines is 1. The number of likely N-dealkylation sites (N-methyl/N-ethyl adjacent to an activating group) is 1. The fourth-order valence-corrected chi connectivity index (χ4v) is 3.47. The molecule has 0 heterocycles. The summed E-state index contributed by atoms with van der Waals surface area (Å²) in [6.45, 7) is 4.00. The van der Waals surface area contributed by atoms with Gasteiger partial charge in [0.05, 0.1) is 10.5 Å². The van der Waals surface area contributed by atoms with E-state index in [0.717, 1.165) is 6.54 Å². The van der Waals surface area contributed by atoms with Gasteiger partial charge >= 0.3 is 0 Å². The van der Waals surface area contributed by atoms with Crippen LogP contribution in [0.15, 0.2) is 23.1 Å². The minimum atomic E-state index is -3.68. The van der Waals surface area contributed by atoms with Gasteiger partial charge in [-0.05, 0) is 37.6 Å². The van der Waals surface area contributed by atoms with Gasteiger partial charge in [-0.1, -0.05) is 6.92 Å². The summed E-state index contributed by atoms with van der Waals surface area (Å²) in [4.78, 5) is 2.24. The van der Waals surface area contributed by atoms with E-state index in [-0.39, 0.29) is 10.5 Å².